The number of benzene rings is 1. The van der Waals surface area contributed by atoms with Crippen LogP contribution in [-0.4, -0.2) is 57.9 Å². The molecule has 2 aliphatic heterocycles. The van der Waals surface area contributed by atoms with Crippen molar-refractivity contribution in [3.05, 3.63) is 39.8 Å². The average molecular weight is 559 g/mol. The normalized spacial score (nSPS) is 28.8. The molecule has 2 saturated carbocycles. The van der Waals surface area contributed by atoms with Crippen LogP contribution in [0.2, 0.25) is 5.02 Å². The largest absolute Gasteiger partial charge is 0.480 e. The summed E-state index contributed by atoms with van der Waals surface area (Å²) in [5, 5.41) is 17.0. The van der Waals surface area contributed by atoms with Crippen molar-refractivity contribution in [2.75, 3.05) is 41.8 Å². The maximum absolute atomic E-state index is 14.9. The fraction of sp³-hybridized carbons (Fsp3) is 0.519. The second-order valence-corrected chi connectivity index (χ2v) is 12.2. The van der Waals surface area contributed by atoms with Gasteiger partial charge in [-0.3, -0.25) is 4.79 Å². The van der Waals surface area contributed by atoms with E-state index in [2.05, 4.69) is 32.4 Å². The van der Waals surface area contributed by atoms with Crippen molar-refractivity contribution >= 4 is 45.6 Å². The number of aromatic nitrogens is 3. The zero-order valence-electron chi connectivity index (χ0n) is 21.6. The minimum absolute atomic E-state index is 0.0502. The first kappa shape index (κ1) is 24.8. The lowest BCUT2D eigenvalue weighted by atomic mass is 10.00. The van der Waals surface area contributed by atoms with Crippen LogP contribution in [0.25, 0.3) is 10.9 Å². The van der Waals surface area contributed by atoms with E-state index in [1.165, 1.54) is 4.57 Å². The number of hydrogen-bond donors (Lipinski definition) is 3. The number of halogens is 3. The fourth-order valence-electron chi connectivity index (χ4n) is 6.47. The van der Waals surface area contributed by atoms with Gasteiger partial charge in [0, 0.05) is 36.6 Å². The molecule has 3 N–H and O–H groups in total. The number of alkyl halides is 2. The van der Waals surface area contributed by atoms with Crippen molar-refractivity contribution in [3.8, 4) is 5.75 Å². The van der Waals surface area contributed by atoms with Gasteiger partial charge < -0.3 is 29.9 Å². The molecule has 3 aromatic rings. The van der Waals surface area contributed by atoms with E-state index in [4.69, 9.17) is 16.3 Å². The molecule has 1 aromatic carbocycles. The van der Waals surface area contributed by atoms with Gasteiger partial charge in [0.25, 0.3) is 5.56 Å². The Balaban J connectivity index is 1.25. The predicted octanol–water partition coefficient (Wildman–Crippen LogP) is 4.15. The van der Waals surface area contributed by atoms with Gasteiger partial charge in [-0.1, -0.05) is 18.5 Å². The number of piperidine rings is 1. The van der Waals surface area contributed by atoms with E-state index in [1.54, 1.807) is 31.4 Å². The van der Waals surface area contributed by atoms with Crippen molar-refractivity contribution < 1.29 is 18.6 Å². The minimum Gasteiger partial charge on any atom is -0.480 e. The van der Waals surface area contributed by atoms with Crippen LogP contribution in [0, 0.1) is 16.7 Å². The Hall–Kier alpha value is -3.18. The summed E-state index contributed by atoms with van der Waals surface area (Å²) in [5.41, 5.74) is 0.930. The summed E-state index contributed by atoms with van der Waals surface area (Å²) >= 11 is 6.46. The quantitative estimate of drug-likeness (QED) is 0.429. The molecule has 39 heavy (non-hydrogen) atoms. The molecule has 12 heteroatoms. The Morgan fingerprint density at radius 2 is 2.10 bits per heavy atom. The Morgan fingerprint density at radius 1 is 1.31 bits per heavy atom. The number of ether oxygens (including phenoxy) is 1. The number of pyridine rings is 1. The predicted molar refractivity (Wildman–Crippen MR) is 145 cm³/mol. The molecule has 0 spiro atoms. The first-order valence-corrected chi connectivity index (χ1v) is 13.5. The molecule has 2 aliphatic carbocycles. The summed E-state index contributed by atoms with van der Waals surface area (Å²) in [6.45, 7) is 2.89. The molecule has 1 saturated heterocycles. The van der Waals surface area contributed by atoms with Gasteiger partial charge in [-0.15, -0.1) is 0 Å². The summed E-state index contributed by atoms with van der Waals surface area (Å²) in [4.78, 5) is 24.2. The molecule has 4 aliphatic rings. The van der Waals surface area contributed by atoms with E-state index in [9.17, 15) is 18.7 Å². The van der Waals surface area contributed by atoms with Crippen LogP contribution in [0.15, 0.2) is 29.2 Å². The monoisotopic (exact) mass is 558 g/mol. The van der Waals surface area contributed by atoms with E-state index >= 15 is 0 Å². The van der Waals surface area contributed by atoms with Crippen molar-refractivity contribution in [1.82, 2.24) is 14.5 Å². The van der Waals surface area contributed by atoms with Crippen LogP contribution < -0.4 is 25.8 Å². The number of hydrogen-bond acceptors (Lipinski definition) is 8. The summed E-state index contributed by atoms with van der Waals surface area (Å²) in [5.74, 6) is -2.47. The van der Waals surface area contributed by atoms with Gasteiger partial charge in [0.05, 0.1) is 30.0 Å². The molecule has 206 valence electrons. The van der Waals surface area contributed by atoms with Gasteiger partial charge >= 0.3 is 5.92 Å². The molecule has 7 rings (SSSR count). The van der Waals surface area contributed by atoms with E-state index in [0.717, 1.165) is 13.0 Å². The van der Waals surface area contributed by atoms with Gasteiger partial charge in [0.15, 0.2) is 12.4 Å². The zero-order chi connectivity index (χ0) is 27.3. The minimum atomic E-state index is -3.11. The lowest BCUT2D eigenvalue weighted by Crippen LogP contribution is -2.44. The van der Waals surface area contributed by atoms with Crippen LogP contribution in [0.4, 0.5) is 31.9 Å². The number of aryl methyl sites for hydroxylation is 1. The zero-order valence-corrected chi connectivity index (χ0v) is 22.4. The number of nitrogens with zero attached hydrogens (tertiary/aromatic N) is 4. The number of rotatable bonds is 5. The SMILES string of the molecule is Cn1c(=O)c2c(c3cc(Nc4nc(N5C[C@@]6(C)C[C@@]6(CO)C5)ncc4Cl)ccc31)N[C@@H](C1CC1)C(F)(F)CO2. The number of anilines is 4. The molecule has 2 aromatic heterocycles. The highest BCUT2D eigenvalue weighted by atomic mass is 35.5. The smallest absolute Gasteiger partial charge is 0.301 e. The molecule has 0 bridgehead atoms. The summed E-state index contributed by atoms with van der Waals surface area (Å²) in [7, 11) is 1.59. The number of nitrogens with one attached hydrogen (secondary N) is 2. The summed E-state index contributed by atoms with van der Waals surface area (Å²) in [6, 6.07) is 4.21. The maximum atomic E-state index is 14.9. The van der Waals surface area contributed by atoms with E-state index in [0.29, 0.717) is 52.8 Å². The second-order valence-electron chi connectivity index (χ2n) is 11.8. The molecule has 0 radical (unpaired) electrons. The lowest BCUT2D eigenvalue weighted by Gasteiger charge is -2.25. The molecular formula is C27H29ClF2N6O3. The first-order valence-electron chi connectivity index (χ1n) is 13.1. The number of fused-ring (bicyclic) bond motifs is 4. The molecule has 3 fully saturated rings. The third-order valence-corrected chi connectivity index (χ3v) is 9.38. The van der Waals surface area contributed by atoms with E-state index in [1.807, 2.05) is 0 Å². The van der Waals surface area contributed by atoms with Crippen LogP contribution in [-0.2, 0) is 7.05 Å². The topological polar surface area (TPSA) is 105 Å². The van der Waals surface area contributed by atoms with Gasteiger partial charge in [-0.2, -0.15) is 4.98 Å². The number of aliphatic hydroxyl groups is 1. The molecular weight excluding hydrogens is 530 g/mol. The van der Waals surface area contributed by atoms with E-state index in [-0.39, 0.29) is 34.8 Å². The standard InChI is InChI=1S/C27H29ClF2N6O3/c1-25-9-26(25,12-37)11-36(10-25)24-31-8-17(28)22(34-24)32-15-5-6-18-16(7-15)19-20(23(38)35(18)2)39-13-27(29,30)21(33-19)14-3-4-14/h5-8,14,21,33,37H,3-4,9-13H2,1-2H3,(H,31,32,34)/t21-,25+,26-/m0/s1. The van der Waals surface area contributed by atoms with Crippen molar-refractivity contribution in [1.29, 1.82) is 0 Å². The van der Waals surface area contributed by atoms with Gasteiger partial charge in [-0.25, -0.2) is 13.8 Å². The van der Waals surface area contributed by atoms with Crippen molar-refractivity contribution in [3.63, 3.8) is 0 Å². The Kier molecular flexibility index (Phi) is 5.20. The highest BCUT2D eigenvalue weighted by Crippen LogP contribution is 2.67. The van der Waals surface area contributed by atoms with E-state index < -0.39 is 24.1 Å². The van der Waals surface area contributed by atoms with Crippen molar-refractivity contribution in [2.24, 2.45) is 23.8 Å². The summed E-state index contributed by atoms with van der Waals surface area (Å²) in [6.07, 6.45) is 3.95. The molecule has 4 heterocycles. The summed E-state index contributed by atoms with van der Waals surface area (Å²) < 4.78 is 36.7. The Morgan fingerprint density at radius 3 is 2.82 bits per heavy atom. The first-order chi connectivity index (χ1) is 18.5. The molecule has 0 unspecified atom stereocenters. The highest BCUT2D eigenvalue weighted by molar-refractivity contribution is 6.33. The third-order valence-electron chi connectivity index (χ3n) is 9.11. The average Bonchev–Trinajstić information content (AvgIpc) is 3.81. The lowest BCUT2D eigenvalue weighted by molar-refractivity contribution is -0.0579. The second kappa shape index (κ2) is 8.17. The van der Waals surface area contributed by atoms with Gasteiger partial charge in [0.1, 0.15) is 5.02 Å². The Labute approximate surface area is 228 Å². The number of aliphatic hydroxyl groups excluding tert-OH is 1. The van der Waals surface area contributed by atoms with Crippen LogP contribution in [0.3, 0.4) is 0 Å². The Bertz CT molecular complexity index is 1580. The molecule has 9 nitrogen and oxygen atoms in total. The molecule has 0 amide bonds. The highest BCUT2D eigenvalue weighted by Gasteiger charge is 2.69. The van der Waals surface area contributed by atoms with Crippen LogP contribution >= 0.6 is 11.6 Å². The van der Waals surface area contributed by atoms with Gasteiger partial charge in [0.2, 0.25) is 11.7 Å². The van der Waals surface area contributed by atoms with Gasteiger partial charge in [-0.05, 0) is 48.8 Å². The third kappa shape index (κ3) is 3.76. The van der Waals surface area contributed by atoms with Crippen LogP contribution in [0.5, 0.6) is 5.75 Å². The maximum Gasteiger partial charge on any atom is 0.301 e. The van der Waals surface area contributed by atoms with Crippen LogP contribution in [0.1, 0.15) is 26.2 Å². The van der Waals surface area contributed by atoms with Crippen molar-refractivity contribution in [2.45, 2.75) is 38.2 Å². The fourth-order valence-corrected chi connectivity index (χ4v) is 6.61. The molecule has 3 atom stereocenters.